The van der Waals surface area contributed by atoms with Crippen LogP contribution >= 0.6 is 15.9 Å². The summed E-state index contributed by atoms with van der Waals surface area (Å²) in [7, 11) is 0. The molecule has 0 aromatic heterocycles. The van der Waals surface area contributed by atoms with Crippen molar-refractivity contribution in [1.29, 1.82) is 0 Å². The minimum Gasteiger partial charge on any atom is -0.303 e. The zero-order chi connectivity index (χ0) is 16.4. The molecule has 1 aliphatic rings. The van der Waals surface area contributed by atoms with Crippen molar-refractivity contribution in [3.63, 3.8) is 0 Å². The second-order valence-corrected chi connectivity index (χ2v) is 6.25. The van der Waals surface area contributed by atoms with Crippen LogP contribution < -0.4 is 4.90 Å². The summed E-state index contributed by atoms with van der Waals surface area (Å²) >= 11 is 3.41. The lowest BCUT2D eigenvalue weighted by atomic mass is 9.86. The van der Waals surface area contributed by atoms with Crippen molar-refractivity contribution in [2.24, 2.45) is 5.92 Å². The standard InChI is InChI=1S/C18H14BrNO3/c19-16-9-5-4-8-13(16)15(11-21)14-10-17(22)20(18(14)23)12-6-2-1-3-7-12/h1-9,11,14-15H,10H2/t14-,15?/m0/s1. The first kappa shape index (κ1) is 15.6. The maximum atomic E-state index is 12.7. The summed E-state index contributed by atoms with van der Waals surface area (Å²) in [5, 5.41) is 0. The third-order valence-corrected chi connectivity index (χ3v) is 4.76. The van der Waals surface area contributed by atoms with E-state index in [1.807, 2.05) is 24.3 Å². The van der Waals surface area contributed by atoms with Gasteiger partial charge in [-0.15, -0.1) is 0 Å². The van der Waals surface area contributed by atoms with Gasteiger partial charge in [-0.3, -0.25) is 14.5 Å². The smallest absolute Gasteiger partial charge is 0.238 e. The molecule has 2 aromatic rings. The highest BCUT2D eigenvalue weighted by atomic mass is 79.9. The number of imide groups is 1. The van der Waals surface area contributed by atoms with Crippen molar-refractivity contribution in [1.82, 2.24) is 0 Å². The summed E-state index contributed by atoms with van der Waals surface area (Å²) < 4.78 is 0.760. The topological polar surface area (TPSA) is 54.5 Å². The molecular weight excluding hydrogens is 358 g/mol. The van der Waals surface area contributed by atoms with Gasteiger partial charge in [0.25, 0.3) is 0 Å². The Balaban J connectivity index is 1.95. The van der Waals surface area contributed by atoms with Crippen LogP contribution in [0.25, 0.3) is 0 Å². The lowest BCUT2D eigenvalue weighted by molar-refractivity contribution is -0.124. The molecule has 0 spiro atoms. The summed E-state index contributed by atoms with van der Waals surface area (Å²) in [6, 6.07) is 16.1. The highest BCUT2D eigenvalue weighted by molar-refractivity contribution is 9.10. The van der Waals surface area contributed by atoms with Gasteiger partial charge in [0.15, 0.2) is 0 Å². The van der Waals surface area contributed by atoms with Crippen LogP contribution in [0.3, 0.4) is 0 Å². The molecule has 1 heterocycles. The average molecular weight is 372 g/mol. The molecule has 4 nitrogen and oxygen atoms in total. The van der Waals surface area contributed by atoms with Gasteiger partial charge in [0.1, 0.15) is 6.29 Å². The number of carbonyl (C=O) groups is 3. The van der Waals surface area contributed by atoms with Crippen LogP contribution in [-0.4, -0.2) is 18.1 Å². The van der Waals surface area contributed by atoms with Crippen LogP contribution in [0.1, 0.15) is 17.9 Å². The molecule has 2 aromatic carbocycles. The first-order valence-electron chi connectivity index (χ1n) is 7.25. The lowest BCUT2D eigenvalue weighted by Crippen LogP contribution is -2.32. The molecule has 0 saturated carbocycles. The van der Waals surface area contributed by atoms with Crippen molar-refractivity contribution in [3.05, 3.63) is 64.6 Å². The number of rotatable bonds is 4. The number of halogens is 1. The molecule has 0 aliphatic carbocycles. The van der Waals surface area contributed by atoms with E-state index in [4.69, 9.17) is 0 Å². The summed E-state index contributed by atoms with van der Waals surface area (Å²) in [5.74, 6) is -1.91. The van der Waals surface area contributed by atoms with E-state index < -0.39 is 11.8 Å². The zero-order valence-electron chi connectivity index (χ0n) is 12.2. The van der Waals surface area contributed by atoms with Crippen molar-refractivity contribution in [2.75, 3.05) is 4.90 Å². The van der Waals surface area contributed by atoms with Gasteiger partial charge in [0.05, 0.1) is 17.5 Å². The molecule has 3 rings (SSSR count). The molecule has 0 bridgehead atoms. The number of benzene rings is 2. The highest BCUT2D eigenvalue weighted by Gasteiger charge is 2.44. The van der Waals surface area contributed by atoms with Crippen LogP contribution in [0.4, 0.5) is 5.69 Å². The third kappa shape index (κ3) is 2.84. The number of hydrogen-bond acceptors (Lipinski definition) is 3. The fourth-order valence-electron chi connectivity index (χ4n) is 2.91. The second-order valence-electron chi connectivity index (χ2n) is 5.40. The molecule has 1 unspecified atom stereocenters. The van der Waals surface area contributed by atoms with E-state index >= 15 is 0 Å². The fraction of sp³-hybridized carbons (Fsp3) is 0.167. The monoisotopic (exact) mass is 371 g/mol. The van der Waals surface area contributed by atoms with E-state index in [1.54, 1.807) is 30.3 Å². The van der Waals surface area contributed by atoms with E-state index in [9.17, 15) is 14.4 Å². The van der Waals surface area contributed by atoms with Gasteiger partial charge < -0.3 is 4.79 Å². The van der Waals surface area contributed by atoms with Gasteiger partial charge >= 0.3 is 0 Å². The van der Waals surface area contributed by atoms with Crippen LogP contribution in [0, 0.1) is 5.92 Å². The summed E-state index contributed by atoms with van der Waals surface area (Å²) in [6.45, 7) is 0. The summed E-state index contributed by atoms with van der Waals surface area (Å²) in [6.07, 6.45) is 0.795. The van der Waals surface area contributed by atoms with Crippen LogP contribution in [-0.2, 0) is 14.4 Å². The molecule has 2 atom stereocenters. The van der Waals surface area contributed by atoms with Crippen LogP contribution in [0.2, 0.25) is 0 Å². The van der Waals surface area contributed by atoms with E-state index in [1.165, 1.54) is 4.90 Å². The molecule has 5 heteroatoms. The Hall–Kier alpha value is -2.27. The number of carbonyl (C=O) groups excluding carboxylic acids is 3. The average Bonchev–Trinajstić information content (AvgIpc) is 2.85. The zero-order valence-corrected chi connectivity index (χ0v) is 13.8. The number of para-hydroxylation sites is 1. The summed E-state index contributed by atoms with van der Waals surface area (Å²) in [4.78, 5) is 37.9. The van der Waals surface area contributed by atoms with Crippen molar-refractivity contribution in [2.45, 2.75) is 12.3 Å². The van der Waals surface area contributed by atoms with Gasteiger partial charge in [-0.1, -0.05) is 52.3 Å². The van der Waals surface area contributed by atoms with E-state index in [0.29, 0.717) is 5.69 Å². The molecule has 23 heavy (non-hydrogen) atoms. The van der Waals surface area contributed by atoms with Gasteiger partial charge in [0, 0.05) is 10.9 Å². The molecule has 0 radical (unpaired) electrons. The fourth-order valence-corrected chi connectivity index (χ4v) is 3.46. The largest absolute Gasteiger partial charge is 0.303 e. The number of aldehydes is 1. The quantitative estimate of drug-likeness (QED) is 0.611. The Morgan fingerprint density at radius 2 is 1.70 bits per heavy atom. The van der Waals surface area contributed by atoms with E-state index in [2.05, 4.69) is 15.9 Å². The Morgan fingerprint density at radius 3 is 2.35 bits per heavy atom. The molecule has 1 saturated heterocycles. The van der Waals surface area contributed by atoms with Crippen molar-refractivity contribution in [3.8, 4) is 0 Å². The minimum absolute atomic E-state index is 0.0401. The molecule has 0 N–H and O–H groups in total. The summed E-state index contributed by atoms with van der Waals surface area (Å²) in [5.41, 5.74) is 1.27. The number of amides is 2. The third-order valence-electron chi connectivity index (χ3n) is 4.04. The molecule has 1 aliphatic heterocycles. The predicted molar refractivity (Wildman–Crippen MR) is 90.0 cm³/mol. The van der Waals surface area contributed by atoms with Gasteiger partial charge in [0.2, 0.25) is 11.8 Å². The van der Waals surface area contributed by atoms with Gasteiger partial charge in [-0.25, -0.2) is 0 Å². The molecular formula is C18H14BrNO3. The van der Waals surface area contributed by atoms with Crippen molar-refractivity contribution >= 4 is 39.7 Å². The Kier molecular flexibility index (Phi) is 4.39. The first-order valence-corrected chi connectivity index (χ1v) is 8.04. The minimum atomic E-state index is -0.668. The maximum absolute atomic E-state index is 12.7. The number of anilines is 1. The SMILES string of the molecule is O=CC(c1ccccc1Br)[C@@H]1CC(=O)N(c2ccccc2)C1=O. The number of hydrogen-bond donors (Lipinski definition) is 0. The molecule has 2 amide bonds. The first-order chi connectivity index (χ1) is 11.1. The van der Waals surface area contributed by atoms with Gasteiger partial charge in [-0.2, -0.15) is 0 Å². The Labute approximate surface area is 142 Å². The van der Waals surface area contributed by atoms with E-state index in [-0.39, 0.29) is 18.2 Å². The maximum Gasteiger partial charge on any atom is 0.238 e. The second kappa shape index (κ2) is 6.46. The number of nitrogens with zero attached hydrogens (tertiary/aromatic N) is 1. The van der Waals surface area contributed by atoms with Crippen LogP contribution in [0.5, 0.6) is 0 Å². The Bertz CT molecular complexity index is 760. The predicted octanol–water partition coefficient (Wildman–Crippen LogP) is 3.31. The van der Waals surface area contributed by atoms with Gasteiger partial charge in [-0.05, 0) is 23.8 Å². The van der Waals surface area contributed by atoms with E-state index in [0.717, 1.165) is 16.3 Å². The van der Waals surface area contributed by atoms with Crippen molar-refractivity contribution < 1.29 is 14.4 Å². The Morgan fingerprint density at radius 1 is 1.04 bits per heavy atom. The highest BCUT2D eigenvalue weighted by Crippen LogP contribution is 2.37. The molecule has 116 valence electrons. The normalized spacial score (nSPS) is 19.0. The van der Waals surface area contributed by atoms with Crippen LogP contribution in [0.15, 0.2) is 59.1 Å². The molecule has 1 fully saturated rings. The lowest BCUT2D eigenvalue weighted by Gasteiger charge is -2.19.